The van der Waals surface area contributed by atoms with Gasteiger partial charge in [0.2, 0.25) is 0 Å². The molecular weight excluding hydrogens is 266 g/mol. The standard InChI is InChI=1S/C17H17NO3/c1-3-15-14(12-19)10-16(17(20)21-4-2)18(15)11-13-8-6-5-7-9-13/h3,5-10,12H,1,4,11H2,2H3. The molecule has 0 unspecified atom stereocenters. The number of benzene rings is 1. The van der Waals surface area contributed by atoms with E-state index in [9.17, 15) is 9.59 Å². The van der Waals surface area contributed by atoms with Crippen LogP contribution in [0, 0.1) is 0 Å². The van der Waals surface area contributed by atoms with E-state index in [4.69, 9.17) is 4.74 Å². The molecule has 1 aromatic carbocycles. The van der Waals surface area contributed by atoms with E-state index in [1.807, 2.05) is 30.3 Å². The summed E-state index contributed by atoms with van der Waals surface area (Å²) in [5.74, 6) is -0.440. The van der Waals surface area contributed by atoms with E-state index >= 15 is 0 Å². The molecule has 0 fully saturated rings. The van der Waals surface area contributed by atoms with Gasteiger partial charge >= 0.3 is 5.97 Å². The van der Waals surface area contributed by atoms with Crippen molar-refractivity contribution in [1.82, 2.24) is 4.57 Å². The Bertz CT molecular complexity index is 656. The number of esters is 1. The van der Waals surface area contributed by atoms with E-state index in [2.05, 4.69) is 6.58 Å². The highest BCUT2D eigenvalue weighted by Crippen LogP contribution is 2.19. The lowest BCUT2D eigenvalue weighted by Gasteiger charge is -2.11. The number of nitrogens with zero attached hydrogens (tertiary/aromatic N) is 1. The van der Waals surface area contributed by atoms with Gasteiger partial charge in [-0.05, 0) is 24.6 Å². The van der Waals surface area contributed by atoms with Crippen molar-refractivity contribution in [3.05, 3.63) is 65.5 Å². The molecule has 0 radical (unpaired) electrons. The number of carbonyl (C=O) groups excluding carboxylic acids is 2. The monoisotopic (exact) mass is 283 g/mol. The summed E-state index contributed by atoms with van der Waals surface area (Å²) >= 11 is 0. The van der Waals surface area contributed by atoms with Crippen molar-refractivity contribution in [2.75, 3.05) is 6.61 Å². The highest BCUT2D eigenvalue weighted by Gasteiger charge is 2.19. The molecule has 0 saturated heterocycles. The maximum absolute atomic E-state index is 12.1. The summed E-state index contributed by atoms with van der Waals surface area (Å²) in [6, 6.07) is 11.3. The summed E-state index contributed by atoms with van der Waals surface area (Å²) in [6.07, 6.45) is 2.30. The van der Waals surface area contributed by atoms with Crippen LogP contribution in [0.5, 0.6) is 0 Å². The summed E-state index contributed by atoms with van der Waals surface area (Å²) in [5.41, 5.74) is 2.44. The first-order chi connectivity index (χ1) is 10.2. The molecule has 1 heterocycles. The lowest BCUT2D eigenvalue weighted by Crippen LogP contribution is -2.14. The average Bonchev–Trinajstić information content (AvgIpc) is 2.86. The van der Waals surface area contributed by atoms with Crippen molar-refractivity contribution in [2.24, 2.45) is 0 Å². The Labute approximate surface area is 123 Å². The molecule has 108 valence electrons. The highest BCUT2D eigenvalue weighted by atomic mass is 16.5. The van der Waals surface area contributed by atoms with Crippen molar-refractivity contribution in [3.8, 4) is 0 Å². The van der Waals surface area contributed by atoms with Crippen LogP contribution in [0.15, 0.2) is 43.0 Å². The Hall–Kier alpha value is -2.62. The Kier molecular flexibility index (Phi) is 4.72. The van der Waals surface area contributed by atoms with Crippen LogP contribution in [-0.2, 0) is 11.3 Å². The Balaban J connectivity index is 2.49. The van der Waals surface area contributed by atoms with Crippen LogP contribution < -0.4 is 0 Å². The second kappa shape index (κ2) is 6.70. The zero-order valence-electron chi connectivity index (χ0n) is 11.9. The average molecular weight is 283 g/mol. The zero-order valence-corrected chi connectivity index (χ0v) is 11.9. The quantitative estimate of drug-likeness (QED) is 0.604. The summed E-state index contributed by atoms with van der Waals surface area (Å²) < 4.78 is 6.81. The molecule has 1 aromatic heterocycles. The maximum atomic E-state index is 12.1. The second-order valence-corrected chi connectivity index (χ2v) is 4.48. The van der Waals surface area contributed by atoms with E-state index in [-0.39, 0.29) is 6.61 Å². The van der Waals surface area contributed by atoms with Gasteiger partial charge in [-0.3, -0.25) is 4.79 Å². The Morgan fingerprint density at radius 1 is 1.33 bits per heavy atom. The van der Waals surface area contributed by atoms with Gasteiger partial charge in [0.05, 0.1) is 12.3 Å². The summed E-state index contributed by atoms with van der Waals surface area (Å²) in [6.45, 7) is 6.24. The summed E-state index contributed by atoms with van der Waals surface area (Å²) in [5, 5.41) is 0. The number of ether oxygens (including phenoxy) is 1. The molecule has 4 heteroatoms. The largest absolute Gasteiger partial charge is 0.461 e. The van der Waals surface area contributed by atoms with Gasteiger partial charge in [-0.1, -0.05) is 36.9 Å². The molecule has 0 amide bonds. The predicted molar refractivity (Wildman–Crippen MR) is 81.4 cm³/mol. The van der Waals surface area contributed by atoms with Gasteiger partial charge in [-0.15, -0.1) is 0 Å². The van der Waals surface area contributed by atoms with Gasteiger partial charge in [-0.2, -0.15) is 0 Å². The minimum Gasteiger partial charge on any atom is -0.461 e. The molecule has 0 spiro atoms. The van der Waals surface area contributed by atoms with Gasteiger partial charge in [0.15, 0.2) is 6.29 Å². The van der Waals surface area contributed by atoms with Crippen LogP contribution >= 0.6 is 0 Å². The van der Waals surface area contributed by atoms with Gasteiger partial charge in [0.1, 0.15) is 5.69 Å². The smallest absolute Gasteiger partial charge is 0.354 e. The molecule has 0 atom stereocenters. The van der Waals surface area contributed by atoms with Crippen molar-refractivity contribution in [1.29, 1.82) is 0 Å². The molecule has 0 aliphatic rings. The third-order valence-corrected chi connectivity index (χ3v) is 3.16. The van der Waals surface area contributed by atoms with Crippen LogP contribution in [-0.4, -0.2) is 23.4 Å². The van der Waals surface area contributed by atoms with Gasteiger partial charge in [-0.25, -0.2) is 4.79 Å². The van der Waals surface area contributed by atoms with Gasteiger partial charge in [0, 0.05) is 12.1 Å². The maximum Gasteiger partial charge on any atom is 0.354 e. The van der Waals surface area contributed by atoms with Gasteiger partial charge < -0.3 is 9.30 Å². The molecule has 0 aliphatic carbocycles. The van der Waals surface area contributed by atoms with Crippen molar-refractivity contribution in [2.45, 2.75) is 13.5 Å². The van der Waals surface area contributed by atoms with Crippen LogP contribution in [0.2, 0.25) is 0 Å². The zero-order chi connectivity index (χ0) is 15.2. The Morgan fingerprint density at radius 2 is 2.05 bits per heavy atom. The van der Waals surface area contributed by atoms with Crippen molar-refractivity contribution in [3.63, 3.8) is 0 Å². The molecule has 0 aliphatic heterocycles. The van der Waals surface area contributed by atoms with Crippen molar-refractivity contribution >= 4 is 18.3 Å². The third-order valence-electron chi connectivity index (χ3n) is 3.16. The van der Waals surface area contributed by atoms with E-state index in [1.165, 1.54) is 0 Å². The SMILES string of the molecule is C=Cc1c(C=O)cc(C(=O)OCC)n1Cc1ccccc1. The summed E-state index contributed by atoms with van der Waals surface area (Å²) in [4.78, 5) is 23.2. The highest BCUT2D eigenvalue weighted by molar-refractivity contribution is 5.93. The topological polar surface area (TPSA) is 48.3 Å². The van der Waals surface area contributed by atoms with Crippen LogP contribution in [0.25, 0.3) is 6.08 Å². The van der Waals surface area contributed by atoms with E-state index in [1.54, 1.807) is 23.6 Å². The Morgan fingerprint density at radius 3 is 2.62 bits per heavy atom. The molecule has 21 heavy (non-hydrogen) atoms. The normalized spacial score (nSPS) is 10.1. The first kappa shape index (κ1) is 14.8. The molecular formula is C17H17NO3. The lowest BCUT2D eigenvalue weighted by molar-refractivity contribution is 0.0514. The third kappa shape index (κ3) is 3.11. The fourth-order valence-corrected chi connectivity index (χ4v) is 2.22. The lowest BCUT2D eigenvalue weighted by atomic mass is 10.2. The molecule has 0 N–H and O–H groups in total. The molecule has 4 nitrogen and oxygen atoms in total. The van der Waals surface area contributed by atoms with Crippen LogP contribution in [0.4, 0.5) is 0 Å². The summed E-state index contributed by atoms with van der Waals surface area (Å²) in [7, 11) is 0. The number of aromatic nitrogens is 1. The number of hydrogen-bond donors (Lipinski definition) is 0. The van der Waals surface area contributed by atoms with Gasteiger partial charge in [0.25, 0.3) is 0 Å². The number of aldehydes is 1. The fourth-order valence-electron chi connectivity index (χ4n) is 2.22. The predicted octanol–water partition coefficient (Wildman–Crippen LogP) is 3.17. The molecule has 0 bridgehead atoms. The van der Waals surface area contributed by atoms with E-state index in [0.717, 1.165) is 11.8 Å². The molecule has 0 saturated carbocycles. The van der Waals surface area contributed by atoms with E-state index in [0.29, 0.717) is 23.5 Å². The first-order valence-corrected chi connectivity index (χ1v) is 6.73. The fraction of sp³-hybridized carbons (Fsp3) is 0.176. The van der Waals surface area contributed by atoms with Crippen molar-refractivity contribution < 1.29 is 14.3 Å². The second-order valence-electron chi connectivity index (χ2n) is 4.48. The first-order valence-electron chi connectivity index (χ1n) is 6.73. The van der Waals surface area contributed by atoms with Crippen LogP contribution in [0.3, 0.4) is 0 Å². The molecule has 2 aromatic rings. The molecule has 2 rings (SSSR count). The minimum absolute atomic E-state index is 0.287. The number of rotatable bonds is 6. The minimum atomic E-state index is -0.440. The number of hydrogen-bond acceptors (Lipinski definition) is 3. The number of carbonyl (C=O) groups is 2. The van der Waals surface area contributed by atoms with E-state index < -0.39 is 5.97 Å². The van der Waals surface area contributed by atoms with Crippen LogP contribution in [0.1, 0.15) is 39.0 Å².